The molecule has 114 valence electrons. The van der Waals surface area contributed by atoms with Crippen molar-refractivity contribution in [2.75, 3.05) is 0 Å². The Kier molecular flexibility index (Phi) is 4.29. The van der Waals surface area contributed by atoms with Crippen LogP contribution in [0.3, 0.4) is 0 Å². The second-order valence-electron chi connectivity index (χ2n) is 5.03. The van der Waals surface area contributed by atoms with Gasteiger partial charge in [-0.1, -0.05) is 12.1 Å². The number of pyridine rings is 1. The summed E-state index contributed by atoms with van der Waals surface area (Å²) in [5, 5.41) is 0. The van der Waals surface area contributed by atoms with E-state index in [0.29, 0.717) is 12.1 Å². The zero-order chi connectivity index (χ0) is 16.1. The number of benzene rings is 1. The smallest absolute Gasteiger partial charge is 0.153 e. The van der Waals surface area contributed by atoms with Gasteiger partial charge in [-0.05, 0) is 42.1 Å². The van der Waals surface area contributed by atoms with Crippen LogP contribution in [-0.4, -0.2) is 22.1 Å². The van der Waals surface area contributed by atoms with Crippen LogP contribution in [0.4, 0.5) is 5.69 Å². The molecule has 0 radical (unpaired) electrons. The lowest BCUT2D eigenvalue weighted by Crippen LogP contribution is -1.97. The lowest BCUT2D eigenvalue weighted by Gasteiger charge is -2.05. The van der Waals surface area contributed by atoms with Crippen LogP contribution >= 0.6 is 0 Å². The molecule has 5 nitrogen and oxygen atoms in total. The molecule has 5 heteroatoms. The third-order valence-corrected chi connectivity index (χ3v) is 3.50. The van der Waals surface area contributed by atoms with E-state index in [4.69, 9.17) is 5.73 Å². The molecule has 0 unspecified atom stereocenters. The molecular weight excluding hydrogens is 288 g/mol. The molecule has 0 aliphatic carbocycles. The Morgan fingerprint density at radius 3 is 2.78 bits per heavy atom. The molecule has 3 rings (SSSR count). The molecule has 3 aromatic rings. The van der Waals surface area contributed by atoms with Gasteiger partial charge in [0.2, 0.25) is 0 Å². The van der Waals surface area contributed by atoms with E-state index in [0.717, 1.165) is 28.6 Å². The second kappa shape index (κ2) is 6.70. The first-order valence-electron chi connectivity index (χ1n) is 7.20. The van der Waals surface area contributed by atoms with Crippen molar-refractivity contribution in [1.82, 2.24) is 9.55 Å². The lowest BCUT2D eigenvalue weighted by atomic mass is 10.2. The predicted octanol–water partition coefficient (Wildman–Crippen LogP) is 3.07. The van der Waals surface area contributed by atoms with E-state index in [1.54, 1.807) is 18.5 Å². The number of allylic oxidation sites excluding steroid dienone is 1. The number of aliphatic imine (C=N–C) groups is 1. The molecule has 0 aliphatic heterocycles. The minimum atomic E-state index is 0.607. The van der Waals surface area contributed by atoms with Gasteiger partial charge in [-0.25, -0.2) is 0 Å². The minimum Gasteiger partial charge on any atom is -0.405 e. The first kappa shape index (κ1) is 14.7. The number of carbonyl (C=O) groups excluding carboxylic acids is 1. The highest BCUT2D eigenvalue weighted by molar-refractivity contribution is 5.94. The van der Waals surface area contributed by atoms with Gasteiger partial charge in [-0.15, -0.1) is 0 Å². The number of fused-ring (bicyclic) bond motifs is 1. The summed E-state index contributed by atoms with van der Waals surface area (Å²) in [5.74, 6) is 0. The predicted molar refractivity (Wildman–Crippen MR) is 92.1 cm³/mol. The number of nitrogens with two attached hydrogens (primary N) is 1. The van der Waals surface area contributed by atoms with Crippen molar-refractivity contribution in [1.29, 1.82) is 0 Å². The van der Waals surface area contributed by atoms with Gasteiger partial charge in [-0.3, -0.25) is 14.8 Å². The Balaban J connectivity index is 1.86. The molecule has 0 aliphatic rings. The Labute approximate surface area is 133 Å². The van der Waals surface area contributed by atoms with Crippen LogP contribution < -0.4 is 5.73 Å². The quantitative estimate of drug-likeness (QED) is 0.581. The summed E-state index contributed by atoms with van der Waals surface area (Å²) in [6.07, 6.45) is 9.14. The van der Waals surface area contributed by atoms with Gasteiger partial charge in [0.25, 0.3) is 0 Å². The van der Waals surface area contributed by atoms with E-state index >= 15 is 0 Å². The topological polar surface area (TPSA) is 73.3 Å². The van der Waals surface area contributed by atoms with Gasteiger partial charge >= 0.3 is 0 Å². The summed E-state index contributed by atoms with van der Waals surface area (Å²) in [4.78, 5) is 19.7. The van der Waals surface area contributed by atoms with Gasteiger partial charge in [0, 0.05) is 25.2 Å². The molecule has 2 aromatic heterocycles. The average Bonchev–Trinajstić information content (AvgIpc) is 2.95. The van der Waals surface area contributed by atoms with Crippen LogP contribution in [0.5, 0.6) is 0 Å². The number of rotatable bonds is 5. The van der Waals surface area contributed by atoms with E-state index in [1.807, 2.05) is 47.2 Å². The van der Waals surface area contributed by atoms with E-state index in [1.165, 1.54) is 6.20 Å². The monoisotopic (exact) mass is 304 g/mol. The fraction of sp³-hybridized carbons (Fsp3) is 0.0556. The highest BCUT2D eigenvalue weighted by atomic mass is 16.1. The van der Waals surface area contributed by atoms with Gasteiger partial charge < -0.3 is 10.3 Å². The maximum Gasteiger partial charge on any atom is 0.153 e. The summed E-state index contributed by atoms with van der Waals surface area (Å²) in [6, 6.07) is 11.8. The maximum atomic E-state index is 11.2. The molecule has 0 fully saturated rings. The maximum absolute atomic E-state index is 11.2. The van der Waals surface area contributed by atoms with Gasteiger partial charge in [-0.2, -0.15) is 0 Å². The first-order valence-corrected chi connectivity index (χ1v) is 7.20. The zero-order valence-electron chi connectivity index (χ0n) is 12.5. The van der Waals surface area contributed by atoms with Crippen LogP contribution in [0, 0.1) is 0 Å². The summed E-state index contributed by atoms with van der Waals surface area (Å²) in [7, 11) is 0. The average molecular weight is 304 g/mol. The van der Waals surface area contributed by atoms with Crippen molar-refractivity contribution in [3.63, 3.8) is 0 Å². The molecule has 0 atom stereocenters. The summed E-state index contributed by atoms with van der Waals surface area (Å²) >= 11 is 0. The summed E-state index contributed by atoms with van der Waals surface area (Å²) < 4.78 is 2.03. The Morgan fingerprint density at radius 1 is 1.22 bits per heavy atom. The molecule has 0 amide bonds. The standard InChI is InChI=1S/C18H16N4O/c19-8-2-10-20-16-6-4-14(5-7-16)11-22-12-15(13-23)18-17(22)3-1-9-21-18/h1-10,12-13H,11,19H2. The first-order chi connectivity index (χ1) is 11.3. The highest BCUT2D eigenvalue weighted by Gasteiger charge is 2.08. The number of aldehydes is 1. The van der Waals surface area contributed by atoms with Crippen molar-refractivity contribution in [2.24, 2.45) is 10.7 Å². The van der Waals surface area contributed by atoms with Crippen LogP contribution in [-0.2, 0) is 6.54 Å². The molecule has 2 N–H and O–H groups in total. The number of carbonyl (C=O) groups is 1. The van der Waals surface area contributed by atoms with Crippen molar-refractivity contribution < 1.29 is 4.79 Å². The van der Waals surface area contributed by atoms with Crippen molar-refractivity contribution in [2.45, 2.75) is 6.54 Å². The van der Waals surface area contributed by atoms with Crippen molar-refractivity contribution in [3.8, 4) is 0 Å². The summed E-state index contributed by atoms with van der Waals surface area (Å²) in [5.41, 5.74) is 9.53. The lowest BCUT2D eigenvalue weighted by molar-refractivity contribution is 0.112. The van der Waals surface area contributed by atoms with Crippen LogP contribution in [0.25, 0.3) is 11.0 Å². The second-order valence-corrected chi connectivity index (χ2v) is 5.03. The number of hydrogen-bond donors (Lipinski definition) is 1. The Hall–Kier alpha value is -3.21. The molecule has 0 spiro atoms. The highest BCUT2D eigenvalue weighted by Crippen LogP contribution is 2.20. The third-order valence-electron chi connectivity index (χ3n) is 3.50. The van der Waals surface area contributed by atoms with E-state index in [-0.39, 0.29) is 0 Å². The third kappa shape index (κ3) is 3.18. The van der Waals surface area contributed by atoms with E-state index < -0.39 is 0 Å². The molecule has 0 saturated carbocycles. The normalized spacial score (nSPS) is 11.7. The molecule has 0 bridgehead atoms. The van der Waals surface area contributed by atoms with Gasteiger partial charge in [0.1, 0.15) is 0 Å². The largest absolute Gasteiger partial charge is 0.405 e. The zero-order valence-corrected chi connectivity index (χ0v) is 12.5. The Bertz CT molecular complexity index is 876. The van der Waals surface area contributed by atoms with Crippen LogP contribution in [0.1, 0.15) is 15.9 Å². The molecule has 23 heavy (non-hydrogen) atoms. The van der Waals surface area contributed by atoms with E-state index in [2.05, 4.69) is 9.98 Å². The van der Waals surface area contributed by atoms with Crippen LogP contribution in [0.2, 0.25) is 0 Å². The molecular formula is C18H16N4O. The van der Waals surface area contributed by atoms with Crippen molar-refractivity contribution in [3.05, 3.63) is 72.2 Å². The Morgan fingerprint density at radius 2 is 2.04 bits per heavy atom. The van der Waals surface area contributed by atoms with Crippen LogP contribution in [0.15, 0.2) is 66.1 Å². The molecule has 2 heterocycles. The number of aromatic nitrogens is 2. The van der Waals surface area contributed by atoms with Crippen molar-refractivity contribution >= 4 is 29.2 Å². The number of hydrogen-bond acceptors (Lipinski definition) is 4. The van der Waals surface area contributed by atoms with Gasteiger partial charge in [0.15, 0.2) is 6.29 Å². The fourth-order valence-corrected chi connectivity index (χ4v) is 2.43. The number of nitrogens with zero attached hydrogens (tertiary/aromatic N) is 3. The molecule has 1 aromatic carbocycles. The minimum absolute atomic E-state index is 0.607. The fourth-order valence-electron chi connectivity index (χ4n) is 2.43. The van der Waals surface area contributed by atoms with E-state index in [9.17, 15) is 4.79 Å². The summed E-state index contributed by atoms with van der Waals surface area (Å²) in [6.45, 7) is 0.669. The SMILES string of the molecule is NC=CC=Nc1ccc(Cn2cc(C=O)c3ncccc32)cc1. The van der Waals surface area contributed by atoms with Gasteiger partial charge in [0.05, 0.1) is 22.3 Å². The molecule has 0 saturated heterocycles.